The molecule has 170 valence electrons. The van der Waals surface area contributed by atoms with Gasteiger partial charge in [0.25, 0.3) is 5.91 Å². The highest BCUT2D eigenvalue weighted by molar-refractivity contribution is 5.95. The molecule has 6 nitrogen and oxygen atoms in total. The molecule has 1 aromatic heterocycles. The number of hydrogen-bond acceptors (Lipinski definition) is 5. The molecule has 2 saturated heterocycles. The van der Waals surface area contributed by atoms with Gasteiger partial charge in [0, 0.05) is 42.8 Å². The van der Waals surface area contributed by atoms with Crippen LogP contribution in [-0.4, -0.2) is 48.7 Å². The Kier molecular flexibility index (Phi) is 6.26. The first-order chi connectivity index (χ1) is 16.2. The summed E-state index contributed by atoms with van der Waals surface area (Å²) in [7, 11) is 1.59. The lowest BCUT2D eigenvalue weighted by Gasteiger charge is -2.32. The zero-order chi connectivity index (χ0) is 22.6. The van der Waals surface area contributed by atoms with E-state index in [-0.39, 0.29) is 17.9 Å². The molecule has 2 aliphatic heterocycles. The van der Waals surface area contributed by atoms with Crippen LogP contribution in [0.4, 0.5) is 0 Å². The summed E-state index contributed by atoms with van der Waals surface area (Å²) in [5.74, 6) is 1.75. The van der Waals surface area contributed by atoms with E-state index in [1.165, 1.54) is 5.56 Å². The van der Waals surface area contributed by atoms with Crippen LogP contribution in [0, 0.1) is 5.92 Å². The number of fused-ring (bicyclic) bond motifs is 1. The van der Waals surface area contributed by atoms with Crippen LogP contribution in [0.15, 0.2) is 72.9 Å². The predicted octanol–water partition coefficient (Wildman–Crippen LogP) is 4.31. The summed E-state index contributed by atoms with van der Waals surface area (Å²) < 4.78 is 17.3. The van der Waals surface area contributed by atoms with Crippen molar-refractivity contribution < 1.29 is 19.0 Å². The van der Waals surface area contributed by atoms with Gasteiger partial charge >= 0.3 is 0 Å². The highest BCUT2D eigenvalue weighted by Crippen LogP contribution is 2.42. The van der Waals surface area contributed by atoms with Crippen molar-refractivity contribution in [3.63, 3.8) is 0 Å². The molecule has 1 amide bonds. The van der Waals surface area contributed by atoms with Crippen molar-refractivity contribution in [1.82, 2.24) is 9.88 Å². The summed E-state index contributed by atoms with van der Waals surface area (Å²) in [6, 6.07) is 21.8. The van der Waals surface area contributed by atoms with Gasteiger partial charge in [0.05, 0.1) is 19.4 Å². The van der Waals surface area contributed by atoms with Crippen molar-refractivity contribution in [2.45, 2.75) is 25.0 Å². The molecule has 2 aromatic carbocycles. The molecule has 2 aliphatic rings. The smallest absolute Gasteiger partial charge is 0.254 e. The van der Waals surface area contributed by atoms with Crippen LogP contribution in [0.1, 0.15) is 34.0 Å². The molecule has 0 unspecified atom stereocenters. The first-order valence-electron chi connectivity index (χ1n) is 11.4. The maximum absolute atomic E-state index is 13.6. The van der Waals surface area contributed by atoms with Crippen molar-refractivity contribution in [3.8, 4) is 11.5 Å². The van der Waals surface area contributed by atoms with Gasteiger partial charge in [-0.15, -0.1) is 0 Å². The fraction of sp³-hybridized carbons (Fsp3) is 0.333. The molecule has 0 saturated carbocycles. The molecule has 2 fully saturated rings. The maximum Gasteiger partial charge on any atom is 0.254 e. The fourth-order valence-electron chi connectivity index (χ4n) is 5.01. The van der Waals surface area contributed by atoms with Crippen LogP contribution in [0.25, 0.3) is 0 Å². The van der Waals surface area contributed by atoms with Gasteiger partial charge in [0.15, 0.2) is 11.5 Å². The summed E-state index contributed by atoms with van der Waals surface area (Å²) in [4.78, 5) is 19.9. The Labute approximate surface area is 194 Å². The lowest BCUT2D eigenvalue weighted by atomic mass is 9.84. The van der Waals surface area contributed by atoms with Gasteiger partial charge in [-0.05, 0) is 42.3 Å². The van der Waals surface area contributed by atoms with Crippen LogP contribution in [0.2, 0.25) is 0 Å². The third kappa shape index (κ3) is 4.44. The Morgan fingerprint density at radius 1 is 1.09 bits per heavy atom. The number of aromatic nitrogens is 1. The number of rotatable bonds is 6. The van der Waals surface area contributed by atoms with Crippen LogP contribution >= 0.6 is 0 Å². The molecule has 3 heterocycles. The van der Waals surface area contributed by atoms with Gasteiger partial charge in [-0.25, -0.2) is 0 Å². The topological polar surface area (TPSA) is 60.9 Å². The molecule has 5 rings (SSSR count). The predicted molar refractivity (Wildman–Crippen MR) is 124 cm³/mol. The molecule has 0 spiro atoms. The van der Waals surface area contributed by atoms with Gasteiger partial charge in [0.1, 0.15) is 6.61 Å². The summed E-state index contributed by atoms with van der Waals surface area (Å²) in [6.45, 7) is 2.41. The quantitative estimate of drug-likeness (QED) is 0.567. The molecule has 33 heavy (non-hydrogen) atoms. The lowest BCUT2D eigenvalue weighted by molar-refractivity contribution is 0.0188. The SMILES string of the molecule is COc1cc(C(=O)N2C[C@H](c3ccccc3)[C@H]3COCC[C@H]32)ccc1OCc1ccccn1. The minimum Gasteiger partial charge on any atom is -0.493 e. The maximum atomic E-state index is 13.6. The number of ether oxygens (including phenoxy) is 3. The van der Waals surface area contributed by atoms with E-state index in [1.807, 2.05) is 35.2 Å². The molecule has 0 N–H and O–H groups in total. The van der Waals surface area contributed by atoms with Gasteiger partial charge in [-0.1, -0.05) is 36.4 Å². The first kappa shape index (κ1) is 21.5. The average molecular weight is 445 g/mol. The second kappa shape index (κ2) is 9.63. The molecule has 0 aliphatic carbocycles. The first-order valence-corrected chi connectivity index (χ1v) is 11.4. The number of methoxy groups -OCH3 is 1. The zero-order valence-electron chi connectivity index (χ0n) is 18.7. The Hall–Kier alpha value is -3.38. The highest BCUT2D eigenvalue weighted by Gasteiger charge is 2.46. The minimum atomic E-state index is 0.0277. The monoisotopic (exact) mass is 444 g/mol. The van der Waals surface area contributed by atoms with Gasteiger partial charge < -0.3 is 19.1 Å². The number of likely N-dealkylation sites (tertiary alicyclic amines) is 1. The number of nitrogens with zero attached hydrogens (tertiary/aromatic N) is 2. The van der Waals surface area contributed by atoms with Gasteiger partial charge in [-0.3, -0.25) is 9.78 Å². The molecule has 3 aromatic rings. The van der Waals surface area contributed by atoms with E-state index in [9.17, 15) is 4.79 Å². The van der Waals surface area contributed by atoms with Crippen LogP contribution < -0.4 is 9.47 Å². The second-order valence-electron chi connectivity index (χ2n) is 8.54. The van der Waals surface area contributed by atoms with Crippen molar-refractivity contribution in [3.05, 3.63) is 89.7 Å². The molecule has 0 bridgehead atoms. The largest absolute Gasteiger partial charge is 0.493 e. The highest BCUT2D eigenvalue weighted by atomic mass is 16.5. The van der Waals surface area contributed by atoms with Crippen molar-refractivity contribution in [2.24, 2.45) is 5.92 Å². The number of carbonyl (C=O) groups excluding carboxylic acids is 1. The van der Waals surface area contributed by atoms with Crippen molar-refractivity contribution in [1.29, 1.82) is 0 Å². The van der Waals surface area contributed by atoms with E-state index in [0.29, 0.717) is 49.3 Å². The van der Waals surface area contributed by atoms with E-state index in [1.54, 1.807) is 25.4 Å². The summed E-state index contributed by atoms with van der Waals surface area (Å²) >= 11 is 0. The van der Waals surface area contributed by atoms with Gasteiger partial charge in [-0.2, -0.15) is 0 Å². The third-order valence-electron chi connectivity index (χ3n) is 6.67. The summed E-state index contributed by atoms with van der Waals surface area (Å²) in [5.41, 5.74) is 2.70. The van der Waals surface area contributed by atoms with E-state index >= 15 is 0 Å². The fourth-order valence-corrected chi connectivity index (χ4v) is 5.01. The lowest BCUT2D eigenvalue weighted by Crippen LogP contribution is -2.42. The number of pyridine rings is 1. The molecular weight excluding hydrogens is 416 g/mol. The number of hydrogen-bond donors (Lipinski definition) is 0. The van der Waals surface area contributed by atoms with Crippen LogP contribution in [-0.2, 0) is 11.3 Å². The molecule has 0 radical (unpaired) electrons. The van der Waals surface area contributed by atoms with Crippen molar-refractivity contribution >= 4 is 5.91 Å². The number of amides is 1. The number of carbonyl (C=O) groups is 1. The average Bonchev–Trinajstić information content (AvgIpc) is 3.28. The summed E-state index contributed by atoms with van der Waals surface area (Å²) in [5, 5.41) is 0. The van der Waals surface area contributed by atoms with Gasteiger partial charge in [0.2, 0.25) is 0 Å². The zero-order valence-corrected chi connectivity index (χ0v) is 18.7. The minimum absolute atomic E-state index is 0.0277. The third-order valence-corrected chi connectivity index (χ3v) is 6.67. The number of benzene rings is 2. The Balaban J connectivity index is 1.36. The van der Waals surface area contributed by atoms with E-state index in [0.717, 1.165) is 12.1 Å². The normalized spacial score (nSPS) is 22.0. The molecular formula is C27H28N2O4. The second-order valence-corrected chi connectivity index (χ2v) is 8.54. The van der Waals surface area contributed by atoms with E-state index in [4.69, 9.17) is 14.2 Å². The Morgan fingerprint density at radius 2 is 1.94 bits per heavy atom. The standard InChI is InChI=1S/C27H28N2O4/c1-31-26-15-20(10-11-25(26)33-17-21-9-5-6-13-28-21)27(30)29-16-22(19-7-3-2-4-8-19)23-18-32-14-12-24(23)29/h2-11,13,15,22-24H,12,14,16-18H2,1H3/t22-,23-,24-/m1/s1. The van der Waals surface area contributed by atoms with Crippen LogP contribution in [0.3, 0.4) is 0 Å². The Morgan fingerprint density at radius 3 is 2.73 bits per heavy atom. The van der Waals surface area contributed by atoms with Crippen molar-refractivity contribution in [2.75, 3.05) is 26.9 Å². The van der Waals surface area contributed by atoms with E-state index in [2.05, 4.69) is 29.2 Å². The molecule has 6 heteroatoms. The van der Waals surface area contributed by atoms with E-state index < -0.39 is 0 Å². The Bertz CT molecular complexity index is 1090. The van der Waals surface area contributed by atoms with Crippen LogP contribution in [0.5, 0.6) is 11.5 Å². The molecule has 3 atom stereocenters. The summed E-state index contributed by atoms with van der Waals surface area (Å²) in [6.07, 6.45) is 2.60.